The predicted molar refractivity (Wildman–Crippen MR) is 111 cm³/mol. The number of carbonyl (C=O) groups excluding carboxylic acids is 1. The van der Waals surface area contributed by atoms with Crippen LogP contribution in [0.3, 0.4) is 0 Å². The number of benzene rings is 2. The van der Waals surface area contributed by atoms with Crippen molar-refractivity contribution in [3.8, 4) is 5.69 Å². The van der Waals surface area contributed by atoms with Crippen LogP contribution in [0.25, 0.3) is 5.69 Å². The van der Waals surface area contributed by atoms with E-state index in [9.17, 15) is 4.79 Å². The van der Waals surface area contributed by atoms with Crippen LogP contribution in [0.2, 0.25) is 0 Å². The van der Waals surface area contributed by atoms with Gasteiger partial charge in [0.05, 0.1) is 11.4 Å². The van der Waals surface area contributed by atoms with Crippen LogP contribution in [0.1, 0.15) is 47.6 Å². The minimum atomic E-state index is -0.0582. The summed E-state index contributed by atoms with van der Waals surface area (Å²) in [6.07, 6.45) is 2.44. The second-order valence-corrected chi connectivity index (χ2v) is 7.73. The standard InChI is InChI=1S/C24H23N3O/c1-15-11-13-17(14-12-15)22-21-16(2)26-27(18-7-4-3-5-8-18)24(21)25-19-9-6-10-20(28)23(19)22/h3-5,7-8,11-14,22,25H,6,9-10H2,1-2H3. The average Bonchev–Trinajstić information content (AvgIpc) is 3.04. The molecule has 140 valence electrons. The van der Waals surface area contributed by atoms with Gasteiger partial charge >= 0.3 is 0 Å². The van der Waals surface area contributed by atoms with Crippen LogP contribution >= 0.6 is 0 Å². The Morgan fingerprint density at radius 1 is 1.00 bits per heavy atom. The number of hydrogen-bond donors (Lipinski definition) is 1. The Bertz CT molecular complexity index is 1090. The molecule has 3 aromatic rings. The normalized spacial score (nSPS) is 18.5. The number of carbonyl (C=O) groups is 1. The molecule has 0 spiro atoms. The number of nitrogens with zero attached hydrogens (tertiary/aromatic N) is 2. The lowest BCUT2D eigenvalue weighted by molar-refractivity contribution is -0.116. The van der Waals surface area contributed by atoms with Gasteiger partial charge in [0.1, 0.15) is 5.82 Å². The molecule has 5 rings (SSSR count). The van der Waals surface area contributed by atoms with Crippen LogP contribution in [0.5, 0.6) is 0 Å². The molecule has 4 nitrogen and oxygen atoms in total. The molecule has 1 unspecified atom stereocenters. The summed E-state index contributed by atoms with van der Waals surface area (Å²) in [7, 11) is 0. The van der Waals surface area contributed by atoms with Gasteiger partial charge in [0.15, 0.2) is 5.78 Å². The fourth-order valence-electron chi connectivity index (χ4n) is 4.47. The highest BCUT2D eigenvalue weighted by Gasteiger charge is 2.38. The molecule has 2 heterocycles. The molecule has 2 aliphatic rings. The van der Waals surface area contributed by atoms with Gasteiger partial charge in [0, 0.05) is 29.2 Å². The van der Waals surface area contributed by atoms with Crippen molar-refractivity contribution in [3.63, 3.8) is 0 Å². The number of aryl methyl sites for hydroxylation is 2. The van der Waals surface area contributed by atoms with Crippen molar-refractivity contribution in [2.24, 2.45) is 0 Å². The monoisotopic (exact) mass is 369 g/mol. The van der Waals surface area contributed by atoms with Crippen LogP contribution in [0, 0.1) is 13.8 Å². The molecule has 0 fully saturated rings. The Kier molecular flexibility index (Phi) is 3.93. The maximum atomic E-state index is 13.0. The number of aromatic nitrogens is 2. The SMILES string of the molecule is Cc1ccc(C2C3=C(CCCC3=O)Nc3c2c(C)nn3-c2ccccc2)cc1. The highest BCUT2D eigenvalue weighted by Crippen LogP contribution is 2.47. The molecule has 1 N–H and O–H groups in total. The van der Waals surface area contributed by atoms with E-state index in [1.165, 1.54) is 5.56 Å². The Morgan fingerprint density at radius 2 is 1.75 bits per heavy atom. The second kappa shape index (κ2) is 6.48. The molecule has 0 amide bonds. The minimum Gasteiger partial charge on any atom is -0.343 e. The smallest absolute Gasteiger partial charge is 0.161 e. The van der Waals surface area contributed by atoms with E-state index in [2.05, 4.69) is 48.6 Å². The first-order valence-electron chi connectivity index (χ1n) is 9.88. The second-order valence-electron chi connectivity index (χ2n) is 7.73. The van der Waals surface area contributed by atoms with Crippen molar-refractivity contribution in [1.82, 2.24) is 9.78 Å². The number of nitrogens with one attached hydrogen (secondary N) is 1. The van der Waals surface area contributed by atoms with Crippen molar-refractivity contribution in [2.75, 3.05) is 5.32 Å². The molecule has 1 aliphatic heterocycles. The van der Waals surface area contributed by atoms with Gasteiger partial charge in [-0.05, 0) is 44.4 Å². The summed E-state index contributed by atoms with van der Waals surface area (Å²) in [5, 5.41) is 8.44. The number of rotatable bonds is 2. The van der Waals surface area contributed by atoms with E-state index in [1.54, 1.807) is 0 Å². The lowest BCUT2D eigenvalue weighted by Crippen LogP contribution is -2.27. The Hall–Kier alpha value is -3.14. The first-order chi connectivity index (χ1) is 13.6. The third kappa shape index (κ3) is 2.60. The van der Waals surface area contributed by atoms with E-state index in [1.807, 2.05) is 29.8 Å². The lowest BCUT2D eigenvalue weighted by atomic mass is 9.76. The van der Waals surface area contributed by atoms with Crippen molar-refractivity contribution in [1.29, 1.82) is 0 Å². The number of anilines is 1. The summed E-state index contributed by atoms with van der Waals surface area (Å²) in [5.41, 5.74) is 7.46. The van der Waals surface area contributed by atoms with Crippen LogP contribution in [-0.2, 0) is 4.79 Å². The molecule has 1 aliphatic carbocycles. The zero-order valence-electron chi connectivity index (χ0n) is 16.2. The van der Waals surface area contributed by atoms with E-state index >= 15 is 0 Å². The molecule has 0 saturated heterocycles. The predicted octanol–water partition coefficient (Wildman–Crippen LogP) is 5.05. The maximum absolute atomic E-state index is 13.0. The number of para-hydroxylation sites is 1. The summed E-state index contributed by atoms with van der Waals surface area (Å²) in [6, 6.07) is 18.7. The highest BCUT2D eigenvalue weighted by molar-refractivity contribution is 6.01. The molecule has 2 aromatic carbocycles. The molecule has 1 aromatic heterocycles. The quantitative estimate of drug-likeness (QED) is 0.687. The number of allylic oxidation sites excluding steroid dienone is 2. The number of fused-ring (bicyclic) bond motifs is 1. The van der Waals surface area contributed by atoms with E-state index in [4.69, 9.17) is 5.10 Å². The molecule has 0 radical (unpaired) electrons. The van der Waals surface area contributed by atoms with E-state index in [0.717, 1.165) is 52.4 Å². The van der Waals surface area contributed by atoms with Crippen LogP contribution in [0.15, 0.2) is 65.9 Å². The Morgan fingerprint density at radius 3 is 2.50 bits per heavy atom. The van der Waals surface area contributed by atoms with Gasteiger partial charge in [-0.15, -0.1) is 0 Å². The van der Waals surface area contributed by atoms with E-state index in [0.29, 0.717) is 6.42 Å². The summed E-state index contributed by atoms with van der Waals surface area (Å²) >= 11 is 0. The zero-order chi connectivity index (χ0) is 19.3. The topological polar surface area (TPSA) is 46.9 Å². The van der Waals surface area contributed by atoms with Crippen molar-refractivity contribution in [2.45, 2.75) is 39.0 Å². The third-order valence-corrected chi connectivity index (χ3v) is 5.82. The summed E-state index contributed by atoms with van der Waals surface area (Å²) in [5.74, 6) is 1.19. The fourth-order valence-corrected chi connectivity index (χ4v) is 4.47. The summed E-state index contributed by atoms with van der Waals surface area (Å²) < 4.78 is 1.98. The first kappa shape index (κ1) is 17.0. The lowest BCUT2D eigenvalue weighted by Gasteiger charge is -2.33. The summed E-state index contributed by atoms with van der Waals surface area (Å²) in [6.45, 7) is 4.13. The molecular formula is C24H23N3O. The summed E-state index contributed by atoms with van der Waals surface area (Å²) in [4.78, 5) is 13.0. The van der Waals surface area contributed by atoms with Gasteiger partial charge in [-0.3, -0.25) is 4.79 Å². The van der Waals surface area contributed by atoms with E-state index < -0.39 is 0 Å². The number of ketones is 1. The average molecular weight is 369 g/mol. The van der Waals surface area contributed by atoms with Gasteiger partial charge in [-0.2, -0.15) is 5.10 Å². The largest absolute Gasteiger partial charge is 0.343 e. The number of hydrogen-bond acceptors (Lipinski definition) is 3. The number of Topliss-reactive ketones (excluding diaryl/α,β-unsaturated/α-hetero) is 1. The van der Waals surface area contributed by atoms with E-state index in [-0.39, 0.29) is 11.7 Å². The van der Waals surface area contributed by atoms with Gasteiger partial charge in [0.2, 0.25) is 0 Å². The van der Waals surface area contributed by atoms with Crippen LogP contribution < -0.4 is 5.32 Å². The molecule has 0 saturated carbocycles. The molecule has 1 atom stereocenters. The van der Waals surface area contributed by atoms with Gasteiger partial charge < -0.3 is 5.32 Å². The van der Waals surface area contributed by atoms with Crippen LogP contribution in [0.4, 0.5) is 5.82 Å². The zero-order valence-corrected chi connectivity index (χ0v) is 16.2. The highest BCUT2D eigenvalue weighted by atomic mass is 16.1. The molecule has 4 heteroatoms. The van der Waals surface area contributed by atoms with Gasteiger partial charge in [-0.1, -0.05) is 48.0 Å². The third-order valence-electron chi connectivity index (χ3n) is 5.82. The van der Waals surface area contributed by atoms with Crippen molar-refractivity contribution in [3.05, 3.63) is 88.3 Å². The van der Waals surface area contributed by atoms with Gasteiger partial charge in [-0.25, -0.2) is 4.68 Å². The Balaban J connectivity index is 1.75. The first-order valence-corrected chi connectivity index (χ1v) is 9.88. The maximum Gasteiger partial charge on any atom is 0.161 e. The molecular weight excluding hydrogens is 346 g/mol. The van der Waals surface area contributed by atoms with Crippen molar-refractivity contribution >= 4 is 11.6 Å². The minimum absolute atomic E-state index is 0.0582. The van der Waals surface area contributed by atoms with Gasteiger partial charge in [0.25, 0.3) is 0 Å². The Labute approximate surface area is 164 Å². The van der Waals surface area contributed by atoms with Crippen LogP contribution in [-0.4, -0.2) is 15.6 Å². The molecule has 28 heavy (non-hydrogen) atoms. The fraction of sp³-hybridized carbons (Fsp3) is 0.250. The molecule has 0 bridgehead atoms. The van der Waals surface area contributed by atoms with Crippen molar-refractivity contribution < 1.29 is 4.79 Å².